The molecule has 0 aliphatic carbocycles. The summed E-state index contributed by atoms with van der Waals surface area (Å²) in [4.78, 5) is 12.0. The summed E-state index contributed by atoms with van der Waals surface area (Å²) in [5.41, 5.74) is 0.554. The molecule has 0 saturated carbocycles. The Hall–Kier alpha value is -2.17. The SMILES string of the molecule is CCCn1nncc1C(=O)CCOc1ccccc1. The normalized spacial score (nSPS) is 10.4. The summed E-state index contributed by atoms with van der Waals surface area (Å²) >= 11 is 0. The van der Waals surface area contributed by atoms with Crippen LogP contribution < -0.4 is 4.74 Å². The van der Waals surface area contributed by atoms with E-state index in [4.69, 9.17) is 4.74 Å². The largest absolute Gasteiger partial charge is 0.493 e. The molecule has 2 aromatic rings. The molecular formula is C14H17N3O2. The molecule has 19 heavy (non-hydrogen) atoms. The van der Waals surface area contributed by atoms with Crippen LogP contribution in [0.2, 0.25) is 0 Å². The number of carbonyl (C=O) groups excluding carboxylic acids is 1. The summed E-state index contributed by atoms with van der Waals surface area (Å²) < 4.78 is 7.15. The molecule has 0 fully saturated rings. The molecule has 0 aliphatic heterocycles. The van der Waals surface area contributed by atoms with Crippen LogP contribution >= 0.6 is 0 Å². The van der Waals surface area contributed by atoms with Gasteiger partial charge in [0.15, 0.2) is 5.78 Å². The predicted molar refractivity (Wildman–Crippen MR) is 71.2 cm³/mol. The van der Waals surface area contributed by atoms with E-state index in [-0.39, 0.29) is 5.78 Å². The van der Waals surface area contributed by atoms with Crippen molar-refractivity contribution in [1.29, 1.82) is 0 Å². The number of ketones is 1. The maximum absolute atomic E-state index is 12.0. The van der Waals surface area contributed by atoms with Gasteiger partial charge in [-0.1, -0.05) is 30.3 Å². The third-order valence-corrected chi connectivity index (χ3v) is 2.68. The number of aromatic nitrogens is 3. The molecule has 2 rings (SSSR count). The zero-order valence-corrected chi connectivity index (χ0v) is 11.0. The fourth-order valence-corrected chi connectivity index (χ4v) is 1.76. The Kier molecular flexibility index (Phi) is 4.66. The van der Waals surface area contributed by atoms with Gasteiger partial charge < -0.3 is 4.74 Å². The van der Waals surface area contributed by atoms with Gasteiger partial charge in [0.05, 0.1) is 12.8 Å². The van der Waals surface area contributed by atoms with Crippen molar-refractivity contribution in [3.63, 3.8) is 0 Å². The molecule has 0 atom stereocenters. The summed E-state index contributed by atoms with van der Waals surface area (Å²) in [6, 6.07) is 9.46. The Morgan fingerprint density at radius 1 is 1.32 bits per heavy atom. The average Bonchev–Trinajstić information content (AvgIpc) is 2.89. The number of hydrogen-bond donors (Lipinski definition) is 0. The Labute approximate surface area is 112 Å². The quantitative estimate of drug-likeness (QED) is 0.716. The van der Waals surface area contributed by atoms with Gasteiger partial charge in [-0.2, -0.15) is 0 Å². The molecular weight excluding hydrogens is 242 g/mol. The molecule has 100 valence electrons. The second-order valence-corrected chi connectivity index (χ2v) is 4.18. The highest BCUT2D eigenvalue weighted by Crippen LogP contribution is 2.09. The second-order valence-electron chi connectivity index (χ2n) is 4.18. The van der Waals surface area contributed by atoms with E-state index in [0.29, 0.717) is 25.3 Å². The van der Waals surface area contributed by atoms with Crippen molar-refractivity contribution >= 4 is 5.78 Å². The summed E-state index contributed by atoms with van der Waals surface area (Å²) in [6.45, 7) is 3.11. The third-order valence-electron chi connectivity index (χ3n) is 2.68. The van der Waals surface area contributed by atoms with Gasteiger partial charge in [-0.15, -0.1) is 5.10 Å². The van der Waals surface area contributed by atoms with Crippen LogP contribution in [0.25, 0.3) is 0 Å². The van der Waals surface area contributed by atoms with E-state index < -0.39 is 0 Å². The molecule has 0 spiro atoms. The van der Waals surface area contributed by atoms with Gasteiger partial charge in [0.25, 0.3) is 0 Å². The lowest BCUT2D eigenvalue weighted by molar-refractivity contribution is 0.0951. The molecule has 5 heteroatoms. The van der Waals surface area contributed by atoms with E-state index >= 15 is 0 Å². The Morgan fingerprint density at radius 2 is 2.11 bits per heavy atom. The van der Waals surface area contributed by atoms with Crippen molar-refractivity contribution in [1.82, 2.24) is 15.0 Å². The van der Waals surface area contributed by atoms with Crippen LogP contribution in [0.1, 0.15) is 30.3 Å². The summed E-state index contributed by atoms with van der Waals surface area (Å²) in [7, 11) is 0. The van der Waals surface area contributed by atoms with E-state index in [1.807, 2.05) is 37.3 Å². The van der Waals surface area contributed by atoms with Crippen LogP contribution in [0.15, 0.2) is 36.5 Å². The van der Waals surface area contributed by atoms with E-state index in [1.54, 1.807) is 4.68 Å². The number of para-hydroxylation sites is 1. The smallest absolute Gasteiger partial charge is 0.185 e. The molecule has 1 aromatic heterocycles. The number of aryl methyl sites for hydroxylation is 1. The number of hydrogen-bond acceptors (Lipinski definition) is 4. The van der Waals surface area contributed by atoms with Crippen molar-refractivity contribution in [3.05, 3.63) is 42.2 Å². The lowest BCUT2D eigenvalue weighted by atomic mass is 10.2. The first-order chi connectivity index (χ1) is 9.31. The summed E-state index contributed by atoms with van der Waals surface area (Å²) in [6.07, 6.45) is 2.76. The summed E-state index contributed by atoms with van der Waals surface area (Å²) in [5, 5.41) is 7.68. The highest BCUT2D eigenvalue weighted by atomic mass is 16.5. The van der Waals surface area contributed by atoms with Crippen molar-refractivity contribution in [2.24, 2.45) is 0 Å². The van der Waals surface area contributed by atoms with Gasteiger partial charge in [0.2, 0.25) is 0 Å². The highest BCUT2D eigenvalue weighted by Gasteiger charge is 2.12. The second kappa shape index (κ2) is 6.68. The zero-order valence-electron chi connectivity index (χ0n) is 11.0. The van der Waals surface area contributed by atoms with Gasteiger partial charge in [-0.3, -0.25) is 4.79 Å². The molecule has 1 heterocycles. The van der Waals surface area contributed by atoms with Crippen LogP contribution in [-0.2, 0) is 6.54 Å². The van der Waals surface area contributed by atoms with E-state index in [2.05, 4.69) is 10.3 Å². The van der Waals surface area contributed by atoms with Crippen LogP contribution in [0.5, 0.6) is 5.75 Å². The monoisotopic (exact) mass is 259 g/mol. The highest BCUT2D eigenvalue weighted by molar-refractivity contribution is 5.94. The molecule has 0 amide bonds. The van der Waals surface area contributed by atoms with Gasteiger partial charge in [-0.05, 0) is 18.6 Å². The van der Waals surface area contributed by atoms with Crippen LogP contribution in [-0.4, -0.2) is 27.4 Å². The minimum Gasteiger partial charge on any atom is -0.493 e. The molecule has 1 aromatic carbocycles. The third kappa shape index (κ3) is 3.64. The van der Waals surface area contributed by atoms with Crippen molar-refractivity contribution in [3.8, 4) is 5.75 Å². The van der Waals surface area contributed by atoms with Crippen molar-refractivity contribution in [2.75, 3.05) is 6.61 Å². The average molecular weight is 259 g/mol. The first kappa shape index (κ1) is 13.3. The van der Waals surface area contributed by atoms with E-state index in [1.165, 1.54) is 6.20 Å². The number of nitrogens with zero attached hydrogens (tertiary/aromatic N) is 3. The van der Waals surface area contributed by atoms with Crippen molar-refractivity contribution in [2.45, 2.75) is 26.3 Å². The molecule has 0 aliphatic rings. The van der Waals surface area contributed by atoms with Crippen molar-refractivity contribution < 1.29 is 9.53 Å². The Morgan fingerprint density at radius 3 is 2.84 bits per heavy atom. The molecule has 0 N–H and O–H groups in total. The molecule has 0 bridgehead atoms. The molecule has 5 nitrogen and oxygen atoms in total. The lowest BCUT2D eigenvalue weighted by Crippen LogP contribution is -2.13. The molecule has 0 radical (unpaired) electrons. The molecule has 0 saturated heterocycles. The number of Topliss-reactive ketones (excluding diaryl/α,β-unsaturated/α-hetero) is 1. The van der Waals surface area contributed by atoms with E-state index in [9.17, 15) is 4.79 Å². The number of ether oxygens (including phenoxy) is 1. The summed E-state index contributed by atoms with van der Waals surface area (Å²) in [5.74, 6) is 0.782. The Bertz CT molecular complexity index is 522. The fraction of sp³-hybridized carbons (Fsp3) is 0.357. The standard InChI is InChI=1S/C14H17N3O2/c1-2-9-17-13(11-15-16-17)14(18)8-10-19-12-6-4-3-5-7-12/h3-7,11H,2,8-10H2,1H3. The Balaban J connectivity index is 1.86. The molecule has 0 unspecified atom stereocenters. The maximum Gasteiger partial charge on any atom is 0.185 e. The zero-order chi connectivity index (χ0) is 13.5. The predicted octanol–water partition coefficient (Wildman–Crippen LogP) is 2.34. The minimum absolute atomic E-state index is 0.00869. The van der Waals surface area contributed by atoms with E-state index in [0.717, 1.165) is 12.2 Å². The van der Waals surface area contributed by atoms with Gasteiger partial charge in [0.1, 0.15) is 11.4 Å². The fourth-order valence-electron chi connectivity index (χ4n) is 1.76. The number of benzene rings is 1. The lowest BCUT2D eigenvalue weighted by Gasteiger charge is -2.06. The van der Waals surface area contributed by atoms with Crippen LogP contribution in [0, 0.1) is 0 Å². The number of carbonyl (C=O) groups is 1. The van der Waals surface area contributed by atoms with Crippen LogP contribution in [0.3, 0.4) is 0 Å². The number of rotatable bonds is 7. The first-order valence-corrected chi connectivity index (χ1v) is 6.40. The van der Waals surface area contributed by atoms with Gasteiger partial charge in [0, 0.05) is 13.0 Å². The first-order valence-electron chi connectivity index (χ1n) is 6.40. The maximum atomic E-state index is 12.0. The van der Waals surface area contributed by atoms with Crippen LogP contribution in [0.4, 0.5) is 0 Å². The van der Waals surface area contributed by atoms with Gasteiger partial charge in [-0.25, -0.2) is 4.68 Å². The topological polar surface area (TPSA) is 57.0 Å². The minimum atomic E-state index is 0.00869. The van der Waals surface area contributed by atoms with Gasteiger partial charge >= 0.3 is 0 Å².